The van der Waals surface area contributed by atoms with Crippen molar-refractivity contribution in [2.24, 2.45) is 0 Å². The van der Waals surface area contributed by atoms with E-state index in [1.165, 1.54) is 25.3 Å². The summed E-state index contributed by atoms with van der Waals surface area (Å²) in [5, 5.41) is 0.0358. The lowest BCUT2D eigenvalue weighted by Crippen LogP contribution is -2.43. The molecule has 1 unspecified atom stereocenters. The lowest BCUT2D eigenvalue weighted by molar-refractivity contribution is 0.0172. The van der Waals surface area contributed by atoms with E-state index in [0.717, 1.165) is 11.1 Å². The first-order chi connectivity index (χ1) is 14.3. The molecule has 1 fully saturated rings. The van der Waals surface area contributed by atoms with Gasteiger partial charge in [0.25, 0.3) is 0 Å². The highest BCUT2D eigenvalue weighted by atomic mass is 35.5. The third-order valence-electron chi connectivity index (χ3n) is 5.02. The minimum atomic E-state index is -3.95. The predicted octanol–water partition coefficient (Wildman–Crippen LogP) is 2.79. The number of nitrogens with zero attached hydrogens (tertiary/aromatic N) is 1. The van der Waals surface area contributed by atoms with Gasteiger partial charge in [-0.05, 0) is 30.7 Å². The number of carbonyl (C=O) groups excluding carboxylic acids is 1. The molecular weight excluding hydrogens is 428 g/mol. The van der Waals surface area contributed by atoms with Gasteiger partial charge in [0.2, 0.25) is 10.0 Å². The van der Waals surface area contributed by atoms with E-state index in [2.05, 4.69) is 20.4 Å². The Balaban J connectivity index is 1.86. The van der Waals surface area contributed by atoms with E-state index in [4.69, 9.17) is 16.3 Å². The Hall–Kier alpha value is -1.97. The van der Waals surface area contributed by atoms with Crippen molar-refractivity contribution in [3.8, 4) is 0 Å². The van der Waals surface area contributed by atoms with Crippen LogP contribution >= 0.6 is 11.6 Å². The zero-order valence-corrected chi connectivity index (χ0v) is 18.5. The first kappa shape index (κ1) is 22.7. The number of nitrogens with one attached hydrogen (secondary N) is 1. The van der Waals surface area contributed by atoms with E-state index in [0.29, 0.717) is 26.3 Å². The molecule has 0 saturated carbocycles. The molecule has 1 N–H and O–H groups in total. The summed E-state index contributed by atoms with van der Waals surface area (Å²) in [7, 11) is -2.72. The number of ether oxygens (including phenoxy) is 2. The topological polar surface area (TPSA) is 84.9 Å². The minimum absolute atomic E-state index is 0.0358. The average Bonchev–Trinajstić information content (AvgIpc) is 2.74. The number of carbonyl (C=O) groups is 1. The monoisotopic (exact) mass is 452 g/mol. The van der Waals surface area contributed by atoms with Crippen LogP contribution in [-0.4, -0.2) is 59.2 Å². The highest BCUT2D eigenvalue weighted by Crippen LogP contribution is 2.26. The van der Waals surface area contributed by atoms with Crippen molar-refractivity contribution in [3.05, 3.63) is 64.2 Å². The maximum absolute atomic E-state index is 13.0. The molecule has 2 aromatic carbocycles. The number of sulfonamides is 1. The summed E-state index contributed by atoms with van der Waals surface area (Å²) in [5.41, 5.74) is 2.24. The van der Waals surface area contributed by atoms with Crippen molar-refractivity contribution < 1.29 is 22.7 Å². The third-order valence-corrected chi connectivity index (χ3v) is 6.93. The van der Waals surface area contributed by atoms with E-state index in [1.54, 1.807) is 0 Å². The summed E-state index contributed by atoms with van der Waals surface area (Å²) in [5.74, 6) is -0.630. The summed E-state index contributed by atoms with van der Waals surface area (Å²) in [6, 6.07) is 11.9. The summed E-state index contributed by atoms with van der Waals surface area (Å²) in [6.07, 6.45) is 0. The number of methoxy groups -OCH3 is 1. The van der Waals surface area contributed by atoms with Crippen LogP contribution in [0.5, 0.6) is 0 Å². The number of benzene rings is 2. The highest BCUT2D eigenvalue weighted by molar-refractivity contribution is 7.89. The Kier molecular flexibility index (Phi) is 7.49. The Morgan fingerprint density at radius 1 is 1.23 bits per heavy atom. The smallest absolute Gasteiger partial charge is 0.337 e. The van der Waals surface area contributed by atoms with Crippen molar-refractivity contribution >= 4 is 27.6 Å². The zero-order chi connectivity index (χ0) is 21.7. The molecule has 1 heterocycles. The van der Waals surface area contributed by atoms with E-state index < -0.39 is 16.0 Å². The van der Waals surface area contributed by atoms with Crippen LogP contribution in [0.2, 0.25) is 5.02 Å². The highest BCUT2D eigenvalue weighted by Gasteiger charge is 2.26. The molecule has 30 heavy (non-hydrogen) atoms. The van der Waals surface area contributed by atoms with Crippen molar-refractivity contribution in [3.63, 3.8) is 0 Å². The second-order valence-corrected chi connectivity index (χ2v) is 9.21. The molecule has 1 saturated heterocycles. The van der Waals surface area contributed by atoms with Gasteiger partial charge in [0, 0.05) is 25.7 Å². The van der Waals surface area contributed by atoms with Gasteiger partial charge in [-0.2, -0.15) is 0 Å². The van der Waals surface area contributed by atoms with Crippen LogP contribution in [0.15, 0.2) is 47.4 Å². The largest absolute Gasteiger partial charge is 0.465 e. The lowest BCUT2D eigenvalue weighted by Gasteiger charge is -2.35. The molecule has 1 aliphatic rings. The van der Waals surface area contributed by atoms with Gasteiger partial charge in [-0.3, -0.25) is 4.90 Å². The fourth-order valence-corrected chi connectivity index (χ4v) is 5.01. The van der Waals surface area contributed by atoms with Crippen LogP contribution in [0, 0.1) is 6.92 Å². The molecule has 0 aliphatic carbocycles. The molecule has 0 radical (unpaired) electrons. The van der Waals surface area contributed by atoms with E-state index in [-0.39, 0.29) is 28.1 Å². The second kappa shape index (κ2) is 9.89. The van der Waals surface area contributed by atoms with Crippen molar-refractivity contribution in [2.45, 2.75) is 17.9 Å². The lowest BCUT2D eigenvalue weighted by atomic mass is 10.0. The first-order valence-electron chi connectivity index (χ1n) is 9.57. The number of hydrogen-bond acceptors (Lipinski definition) is 6. The molecule has 2 aromatic rings. The quantitative estimate of drug-likeness (QED) is 0.650. The molecule has 9 heteroatoms. The van der Waals surface area contributed by atoms with Crippen LogP contribution in [-0.2, 0) is 19.5 Å². The van der Waals surface area contributed by atoms with Gasteiger partial charge in [-0.25, -0.2) is 17.9 Å². The Bertz CT molecular complexity index is 1010. The SMILES string of the molecule is COC(=O)c1ccc(Cl)c(S(=O)(=O)NCC(c2cccc(C)c2)N2CCOCC2)c1. The fraction of sp³-hybridized carbons (Fsp3) is 0.381. The van der Waals surface area contributed by atoms with Gasteiger partial charge in [0.05, 0.1) is 30.9 Å². The van der Waals surface area contributed by atoms with Crippen molar-refractivity contribution in [2.75, 3.05) is 40.0 Å². The van der Waals surface area contributed by atoms with Gasteiger partial charge < -0.3 is 9.47 Å². The van der Waals surface area contributed by atoms with Crippen LogP contribution in [0.4, 0.5) is 0 Å². The molecule has 3 rings (SSSR count). The third kappa shape index (κ3) is 5.39. The van der Waals surface area contributed by atoms with E-state index in [9.17, 15) is 13.2 Å². The van der Waals surface area contributed by atoms with Gasteiger partial charge in [0.15, 0.2) is 0 Å². The molecule has 0 aromatic heterocycles. The number of rotatable bonds is 7. The molecule has 0 amide bonds. The summed E-state index contributed by atoms with van der Waals surface area (Å²) >= 11 is 6.13. The van der Waals surface area contributed by atoms with Gasteiger partial charge in [0.1, 0.15) is 4.90 Å². The molecule has 1 atom stereocenters. The van der Waals surface area contributed by atoms with Gasteiger partial charge >= 0.3 is 5.97 Å². The Morgan fingerprint density at radius 2 is 1.97 bits per heavy atom. The predicted molar refractivity (Wildman–Crippen MR) is 114 cm³/mol. The first-order valence-corrected chi connectivity index (χ1v) is 11.4. The number of halogens is 1. The number of esters is 1. The molecule has 1 aliphatic heterocycles. The summed E-state index contributed by atoms with van der Waals surface area (Å²) in [6.45, 7) is 4.77. The summed E-state index contributed by atoms with van der Waals surface area (Å²) < 4.78 is 38.8. The van der Waals surface area contributed by atoms with Crippen LogP contribution in [0.1, 0.15) is 27.5 Å². The summed E-state index contributed by atoms with van der Waals surface area (Å²) in [4.78, 5) is 13.8. The Morgan fingerprint density at radius 3 is 2.63 bits per heavy atom. The van der Waals surface area contributed by atoms with Gasteiger partial charge in [-0.1, -0.05) is 41.4 Å². The standard InChI is InChI=1S/C21H25ClN2O5S/c1-15-4-3-5-16(12-15)19(24-8-10-29-11-9-24)14-23-30(26,27)20-13-17(21(25)28-2)6-7-18(20)22/h3-7,12-13,19,23H,8-11,14H2,1-2H3. The molecule has 0 bridgehead atoms. The maximum atomic E-state index is 13.0. The van der Waals surface area contributed by atoms with Crippen LogP contribution in [0.3, 0.4) is 0 Å². The van der Waals surface area contributed by atoms with Crippen molar-refractivity contribution in [1.82, 2.24) is 9.62 Å². The van der Waals surface area contributed by atoms with E-state index in [1.807, 2.05) is 25.1 Å². The number of morpholine rings is 1. The second-order valence-electron chi connectivity index (χ2n) is 7.07. The van der Waals surface area contributed by atoms with Gasteiger partial charge in [-0.15, -0.1) is 0 Å². The van der Waals surface area contributed by atoms with Crippen LogP contribution in [0.25, 0.3) is 0 Å². The average molecular weight is 453 g/mol. The number of hydrogen-bond donors (Lipinski definition) is 1. The maximum Gasteiger partial charge on any atom is 0.337 e. The van der Waals surface area contributed by atoms with Crippen molar-refractivity contribution in [1.29, 1.82) is 0 Å². The Labute approximate surface area is 182 Å². The number of aryl methyl sites for hydroxylation is 1. The van der Waals surface area contributed by atoms with Crippen LogP contribution < -0.4 is 4.72 Å². The normalized spacial score (nSPS) is 16.2. The molecule has 0 spiro atoms. The fourth-order valence-electron chi connectivity index (χ4n) is 3.44. The molecular formula is C21H25ClN2O5S. The van der Waals surface area contributed by atoms with E-state index >= 15 is 0 Å². The molecule has 7 nitrogen and oxygen atoms in total. The molecule has 162 valence electrons. The zero-order valence-electron chi connectivity index (χ0n) is 16.9. The minimum Gasteiger partial charge on any atom is -0.465 e.